The highest BCUT2D eigenvalue weighted by atomic mass is 35.5. The molecule has 0 heterocycles. The van der Waals surface area contributed by atoms with Crippen LogP contribution in [-0.4, -0.2) is 12.5 Å². The number of amides is 1. The van der Waals surface area contributed by atoms with E-state index in [1.54, 1.807) is 18.2 Å². The lowest BCUT2D eigenvalue weighted by Crippen LogP contribution is -2.11. The maximum atomic E-state index is 10.8. The summed E-state index contributed by atoms with van der Waals surface area (Å²) in [6.07, 6.45) is 0. The predicted octanol–water partition coefficient (Wildman–Crippen LogP) is 1.64. The van der Waals surface area contributed by atoms with Gasteiger partial charge in [-0.3, -0.25) is 4.79 Å². The third kappa shape index (κ3) is 3.34. The number of carbonyl (C=O) groups is 1. The normalized spacial score (nSPS) is 8.69. The summed E-state index contributed by atoms with van der Waals surface area (Å²) < 4.78 is 0. The molecule has 0 bridgehead atoms. The number of nitrogens with two attached hydrogens (primary N) is 1. The highest BCUT2D eigenvalue weighted by Gasteiger charge is 1.99. The molecule has 3 nitrogen and oxygen atoms in total. The minimum absolute atomic E-state index is 0. The topological polar surface area (TPSA) is 55.1 Å². The van der Waals surface area contributed by atoms with Gasteiger partial charge in [0.25, 0.3) is 0 Å². The Labute approximate surface area is 83.7 Å². The number of halogens is 1. The number of hydrogen-bond acceptors (Lipinski definition) is 2. The summed E-state index contributed by atoms with van der Waals surface area (Å²) in [5, 5.41) is 3.10. The van der Waals surface area contributed by atoms with Crippen molar-refractivity contribution in [1.29, 1.82) is 0 Å². The maximum Gasteiger partial charge on any atom is 0.248 e. The van der Waals surface area contributed by atoms with Gasteiger partial charge >= 0.3 is 0 Å². The zero-order chi connectivity index (χ0) is 8.97. The van der Waals surface area contributed by atoms with Crippen LogP contribution in [0.5, 0.6) is 0 Å². The fraction of sp³-hybridized carbons (Fsp3) is 0.222. The summed E-state index contributed by atoms with van der Waals surface area (Å²) in [5.74, 6) is -0.394. The van der Waals surface area contributed by atoms with E-state index >= 15 is 0 Å². The summed E-state index contributed by atoms with van der Waals surface area (Å²) in [7, 11) is 0. The van der Waals surface area contributed by atoms with E-state index in [-0.39, 0.29) is 12.4 Å². The number of carbonyl (C=O) groups excluding carboxylic acids is 1. The number of benzene rings is 1. The lowest BCUT2D eigenvalue weighted by Gasteiger charge is -2.03. The Balaban J connectivity index is 0.00000144. The van der Waals surface area contributed by atoms with Crippen molar-refractivity contribution in [1.82, 2.24) is 0 Å². The minimum atomic E-state index is -0.394. The molecule has 1 aromatic rings. The summed E-state index contributed by atoms with van der Waals surface area (Å²) in [6.45, 7) is 2.83. The molecule has 0 aliphatic carbocycles. The molecule has 0 unspecified atom stereocenters. The molecule has 0 aromatic heterocycles. The number of nitrogens with one attached hydrogen (secondary N) is 1. The van der Waals surface area contributed by atoms with Gasteiger partial charge < -0.3 is 11.1 Å². The van der Waals surface area contributed by atoms with Crippen LogP contribution in [0.3, 0.4) is 0 Å². The molecule has 0 saturated carbocycles. The van der Waals surface area contributed by atoms with Crippen molar-refractivity contribution in [2.24, 2.45) is 5.73 Å². The SMILES string of the molecule is CCNc1cccc(C(N)=O)c1.Cl. The second-order valence-electron chi connectivity index (χ2n) is 2.48. The Hall–Kier alpha value is -1.22. The maximum absolute atomic E-state index is 10.8. The van der Waals surface area contributed by atoms with Gasteiger partial charge in [0.1, 0.15) is 0 Å². The van der Waals surface area contributed by atoms with Crippen LogP contribution in [0.15, 0.2) is 24.3 Å². The largest absolute Gasteiger partial charge is 0.385 e. The standard InChI is InChI=1S/C9H12N2O.ClH/c1-2-11-8-5-3-4-7(6-8)9(10)12;/h3-6,11H,2H2,1H3,(H2,10,12);1H. The molecule has 3 N–H and O–H groups in total. The molecule has 1 amide bonds. The van der Waals surface area contributed by atoms with Crippen molar-refractivity contribution in [3.05, 3.63) is 29.8 Å². The zero-order valence-electron chi connectivity index (χ0n) is 7.41. The van der Waals surface area contributed by atoms with Gasteiger partial charge in [-0.05, 0) is 25.1 Å². The monoisotopic (exact) mass is 200 g/mol. The first-order chi connectivity index (χ1) is 5.74. The molecule has 0 aliphatic rings. The molecule has 0 radical (unpaired) electrons. The van der Waals surface area contributed by atoms with Crippen LogP contribution in [0.1, 0.15) is 17.3 Å². The van der Waals surface area contributed by atoms with Crippen molar-refractivity contribution in [2.75, 3.05) is 11.9 Å². The van der Waals surface area contributed by atoms with Crippen LogP contribution >= 0.6 is 12.4 Å². The van der Waals surface area contributed by atoms with E-state index in [2.05, 4.69) is 5.32 Å². The smallest absolute Gasteiger partial charge is 0.248 e. The van der Waals surface area contributed by atoms with Crippen molar-refractivity contribution >= 4 is 24.0 Å². The van der Waals surface area contributed by atoms with E-state index in [1.807, 2.05) is 13.0 Å². The van der Waals surface area contributed by atoms with E-state index in [4.69, 9.17) is 5.73 Å². The van der Waals surface area contributed by atoms with Crippen LogP contribution in [0.2, 0.25) is 0 Å². The van der Waals surface area contributed by atoms with Gasteiger partial charge in [0, 0.05) is 17.8 Å². The molecule has 0 saturated heterocycles. The third-order valence-corrected chi connectivity index (χ3v) is 1.53. The van der Waals surface area contributed by atoms with Gasteiger partial charge in [0.05, 0.1) is 0 Å². The lowest BCUT2D eigenvalue weighted by molar-refractivity contribution is 0.100. The zero-order valence-corrected chi connectivity index (χ0v) is 8.23. The van der Waals surface area contributed by atoms with Crippen molar-refractivity contribution in [2.45, 2.75) is 6.92 Å². The molecular formula is C9H13ClN2O. The molecule has 0 spiro atoms. The lowest BCUT2D eigenvalue weighted by atomic mass is 10.2. The van der Waals surface area contributed by atoms with Crippen LogP contribution in [0.4, 0.5) is 5.69 Å². The van der Waals surface area contributed by atoms with Gasteiger partial charge in [-0.15, -0.1) is 12.4 Å². The molecule has 4 heteroatoms. The van der Waals surface area contributed by atoms with E-state index in [1.165, 1.54) is 0 Å². The third-order valence-electron chi connectivity index (χ3n) is 1.53. The van der Waals surface area contributed by atoms with E-state index in [9.17, 15) is 4.79 Å². The van der Waals surface area contributed by atoms with Crippen LogP contribution < -0.4 is 11.1 Å². The first-order valence-corrected chi connectivity index (χ1v) is 3.87. The molecule has 0 atom stereocenters. The van der Waals surface area contributed by atoms with Crippen molar-refractivity contribution < 1.29 is 4.79 Å². The highest BCUT2D eigenvalue weighted by molar-refractivity contribution is 5.93. The fourth-order valence-electron chi connectivity index (χ4n) is 0.987. The number of rotatable bonds is 3. The van der Waals surface area contributed by atoms with Gasteiger partial charge in [0.2, 0.25) is 5.91 Å². The van der Waals surface area contributed by atoms with Gasteiger partial charge in [-0.25, -0.2) is 0 Å². The Bertz CT molecular complexity index is 289. The molecule has 0 fully saturated rings. The van der Waals surface area contributed by atoms with Crippen LogP contribution in [0.25, 0.3) is 0 Å². The van der Waals surface area contributed by atoms with Crippen molar-refractivity contribution in [3.63, 3.8) is 0 Å². The number of primary amides is 1. The van der Waals surface area contributed by atoms with Crippen LogP contribution in [-0.2, 0) is 0 Å². The Morgan fingerprint density at radius 2 is 2.23 bits per heavy atom. The summed E-state index contributed by atoms with van der Waals surface area (Å²) >= 11 is 0. The van der Waals surface area contributed by atoms with Gasteiger partial charge in [0.15, 0.2) is 0 Å². The molecular weight excluding hydrogens is 188 g/mol. The molecule has 1 aromatic carbocycles. The minimum Gasteiger partial charge on any atom is -0.385 e. The molecule has 13 heavy (non-hydrogen) atoms. The predicted molar refractivity (Wildman–Crippen MR) is 56.4 cm³/mol. The first-order valence-electron chi connectivity index (χ1n) is 3.87. The Morgan fingerprint density at radius 3 is 2.77 bits per heavy atom. The number of anilines is 1. The fourth-order valence-corrected chi connectivity index (χ4v) is 0.987. The summed E-state index contributed by atoms with van der Waals surface area (Å²) in [5.41, 5.74) is 6.57. The second kappa shape index (κ2) is 5.43. The van der Waals surface area contributed by atoms with Crippen molar-refractivity contribution in [3.8, 4) is 0 Å². The van der Waals surface area contributed by atoms with E-state index in [0.29, 0.717) is 5.56 Å². The first kappa shape index (κ1) is 11.8. The van der Waals surface area contributed by atoms with Gasteiger partial charge in [-0.1, -0.05) is 6.07 Å². The second-order valence-corrected chi connectivity index (χ2v) is 2.48. The Kier molecular flexibility index (Phi) is 4.92. The molecule has 1 rings (SSSR count). The van der Waals surface area contributed by atoms with E-state index < -0.39 is 5.91 Å². The van der Waals surface area contributed by atoms with E-state index in [0.717, 1.165) is 12.2 Å². The average molecular weight is 201 g/mol. The quantitative estimate of drug-likeness (QED) is 0.780. The average Bonchev–Trinajstić information content (AvgIpc) is 2.05. The Morgan fingerprint density at radius 1 is 1.54 bits per heavy atom. The number of hydrogen-bond donors (Lipinski definition) is 2. The molecule has 72 valence electrons. The van der Waals surface area contributed by atoms with Crippen LogP contribution in [0, 0.1) is 0 Å². The van der Waals surface area contributed by atoms with Gasteiger partial charge in [-0.2, -0.15) is 0 Å². The molecule has 0 aliphatic heterocycles. The highest BCUT2D eigenvalue weighted by Crippen LogP contribution is 2.09. The summed E-state index contributed by atoms with van der Waals surface area (Å²) in [6, 6.07) is 7.14. The summed E-state index contributed by atoms with van der Waals surface area (Å²) in [4.78, 5) is 10.8.